The molecule has 0 aliphatic carbocycles. The molecule has 0 saturated carbocycles. The fourth-order valence-corrected chi connectivity index (χ4v) is 2.50. The molecule has 0 spiro atoms. The number of likely N-dealkylation sites (N-methyl/N-ethyl adjacent to an activating group) is 1. The zero-order chi connectivity index (χ0) is 15.1. The summed E-state index contributed by atoms with van der Waals surface area (Å²) in [7, 11) is 2.09. The zero-order valence-electron chi connectivity index (χ0n) is 12.8. The molecule has 1 aromatic rings. The van der Waals surface area contributed by atoms with Crippen molar-refractivity contribution < 1.29 is 14.2 Å². The van der Waals surface area contributed by atoms with Crippen LogP contribution in [0, 0.1) is 6.92 Å². The van der Waals surface area contributed by atoms with Crippen molar-refractivity contribution in [3.63, 3.8) is 0 Å². The second-order valence-electron chi connectivity index (χ2n) is 5.44. The molecule has 1 aromatic carbocycles. The Morgan fingerprint density at radius 3 is 2.90 bits per heavy atom. The van der Waals surface area contributed by atoms with Crippen molar-refractivity contribution in [2.24, 2.45) is 0 Å². The van der Waals surface area contributed by atoms with E-state index in [1.165, 1.54) is 0 Å². The quantitative estimate of drug-likeness (QED) is 0.774. The van der Waals surface area contributed by atoms with Gasteiger partial charge in [-0.2, -0.15) is 0 Å². The van der Waals surface area contributed by atoms with Gasteiger partial charge in [0.05, 0.1) is 30.9 Å². The summed E-state index contributed by atoms with van der Waals surface area (Å²) in [5.74, 6) is 0.750. The number of aryl methyl sites for hydroxylation is 1. The fourth-order valence-electron chi connectivity index (χ4n) is 2.21. The predicted molar refractivity (Wildman–Crippen MR) is 84.4 cm³/mol. The predicted octanol–water partition coefficient (Wildman–Crippen LogP) is 2.76. The van der Waals surface area contributed by atoms with Crippen LogP contribution in [0.3, 0.4) is 0 Å². The summed E-state index contributed by atoms with van der Waals surface area (Å²) in [6.45, 7) is 6.61. The van der Waals surface area contributed by atoms with E-state index in [9.17, 15) is 0 Å². The molecule has 1 unspecified atom stereocenters. The molecule has 0 bridgehead atoms. The Kier molecular flexibility index (Phi) is 6.77. The maximum atomic E-state index is 6.14. The lowest BCUT2D eigenvalue weighted by molar-refractivity contribution is -0.0923. The minimum Gasteiger partial charge on any atom is -0.491 e. The summed E-state index contributed by atoms with van der Waals surface area (Å²) in [5.41, 5.74) is 1.14. The van der Waals surface area contributed by atoms with Crippen molar-refractivity contribution in [3.8, 4) is 5.75 Å². The molecule has 4 nitrogen and oxygen atoms in total. The molecule has 21 heavy (non-hydrogen) atoms. The van der Waals surface area contributed by atoms with Crippen LogP contribution < -0.4 is 4.74 Å². The molecule has 0 N–H and O–H groups in total. The molecule has 118 valence electrons. The van der Waals surface area contributed by atoms with E-state index in [0.29, 0.717) is 24.8 Å². The van der Waals surface area contributed by atoms with Gasteiger partial charge in [0.1, 0.15) is 12.4 Å². The second kappa shape index (κ2) is 8.59. The number of nitrogens with zero attached hydrogens (tertiary/aromatic N) is 1. The third-order valence-corrected chi connectivity index (χ3v) is 3.83. The number of benzene rings is 1. The summed E-state index contributed by atoms with van der Waals surface area (Å²) in [6.07, 6.45) is 1.22. The highest BCUT2D eigenvalue weighted by Gasteiger charge is 2.14. The Labute approximate surface area is 131 Å². The van der Waals surface area contributed by atoms with Gasteiger partial charge in [-0.25, -0.2) is 0 Å². The first kappa shape index (κ1) is 16.6. The molecule has 5 heteroatoms. The lowest BCUT2D eigenvalue weighted by atomic mass is 10.2. The molecule has 1 saturated heterocycles. The zero-order valence-corrected chi connectivity index (χ0v) is 13.6. The first-order chi connectivity index (χ1) is 10.1. The van der Waals surface area contributed by atoms with Crippen molar-refractivity contribution in [1.29, 1.82) is 0 Å². The standard InChI is InChI=1S/C16H24ClNO3/c1-13-3-4-16(15(17)11-13)21-8-7-18(2)6-5-14-12-19-9-10-20-14/h3-4,11,14H,5-10,12H2,1-2H3. The van der Waals surface area contributed by atoms with Crippen LogP contribution in [0.2, 0.25) is 5.02 Å². The molecule has 0 amide bonds. The Morgan fingerprint density at radius 1 is 1.33 bits per heavy atom. The summed E-state index contributed by atoms with van der Waals surface area (Å²) in [4.78, 5) is 2.24. The van der Waals surface area contributed by atoms with Crippen LogP contribution in [-0.2, 0) is 9.47 Å². The van der Waals surface area contributed by atoms with Crippen molar-refractivity contribution in [2.75, 3.05) is 46.6 Å². The van der Waals surface area contributed by atoms with Gasteiger partial charge in [0.15, 0.2) is 0 Å². The number of hydrogen-bond donors (Lipinski definition) is 0. The van der Waals surface area contributed by atoms with E-state index in [-0.39, 0.29) is 6.10 Å². The highest BCUT2D eigenvalue weighted by atomic mass is 35.5. The van der Waals surface area contributed by atoms with E-state index in [1.54, 1.807) is 0 Å². The molecule has 0 aromatic heterocycles. The number of halogens is 1. The third-order valence-electron chi connectivity index (χ3n) is 3.54. The molecular weight excluding hydrogens is 290 g/mol. The number of rotatable bonds is 7. The second-order valence-corrected chi connectivity index (χ2v) is 5.85. The maximum absolute atomic E-state index is 6.14. The van der Waals surface area contributed by atoms with Crippen LogP contribution in [-0.4, -0.2) is 57.6 Å². The lowest BCUT2D eigenvalue weighted by Gasteiger charge is -2.25. The van der Waals surface area contributed by atoms with Gasteiger partial charge in [-0.3, -0.25) is 0 Å². The minimum atomic E-state index is 0.230. The van der Waals surface area contributed by atoms with Gasteiger partial charge < -0.3 is 19.1 Å². The first-order valence-electron chi connectivity index (χ1n) is 7.42. The van der Waals surface area contributed by atoms with Crippen molar-refractivity contribution in [1.82, 2.24) is 4.90 Å². The van der Waals surface area contributed by atoms with Crippen LogP contribution in [0.25, 0.3) is 0 Å². The molecule has 1 aliphatic heterocycles. The fraction of sp³-hybridized carbons (Fsp3) is 0.625. The minimum absolute atomic E-state index is 0.230. The monoisotopic (exact) mass is 313 g/mol. The summed E-state index contributed by atoms with van der Waals surface area (Å²) < 4.78 is 16.7. The van der Waals surface area contributed by atoms with E-state index >= 15 is 0 Å². The highest BCUT2D eigenvalue weighted by molar-refractivity contribution is 6.32. The van der Waals surface area contributed by atoms with Gasteiger partial charge in [-0.15, -0.1) is 0 Å². The molecule has 2 rings (SSSR count). The SMILES string of the molecule is Cc1ccc(OCCN(C)CCC2COCCO2)c(Cl)c1. The summed E-state index contributed by atoms with van der Waals surface area (Å²) in [6, 6.07) is 5.84. The Hall–Kier alpha value is -0.810. The van der Waals surface area contributed by atoms with Gasteiger partial charge in [0, 0.05) is 13.1 Å². The molecule has 1 heterocycles. The molecule has 0 radical (unpaired) electrons. The third kappa shape index (κ3) is 5.83. The lowest BCUT2D eigenvalue weighted by Crippen LogP contribution is -2.33. The van der Waals surface area contributed by atoms with Crippen LogP contribution in [0.4, 0.5) is 0 Å². The van der Waals surface area contributed by atoms with E-state index in [1.807, 2.05) is 25.1 Å². The maximum Gasteiger partial charge on any atom is 0.137 e. The first-order valence-corrected chi connectivity index (χ1v) is 7.80. The van der Waals surface area contributed by atoms with Gasteiger partial charge in [0.2, 0.25) is 0 Å². The largest absolute Gasteiger partial charge is 0.491 e. The molecule has 1 fully saturated rings. The normalized spacial score (nSPS) is 19.0. The Morgan fingerprint density at radius 2 is 2.19 bits per heavy atom. The van der Waals surface area contributed by atoms with Crippen molar-refractivity contribution in [3.05, 3.63) is 28.8 Å². The van der Waals surface area contributed by atoms with Crippen LogP contribution in [0.15, 0.2) is 18.2 Å². The van der Waals surface area contributed by atoms with E-state index < -0.39 is 0 Å². The number of ether oxygens (including phenoxy) is 3. The number of hydrogen-bond acceptors (Lipinski definition) is 4. The molecule has 1 atom stereocenters. The topological polar surface area (TPSA) is 30.9 Å². The van der Waals surface area contributed by atoms with Crippen LogP contribution in [0.1, 0.15) is 12.0 Å². The van der Waals surface area contributed by atoms with Gasteiger partial charge in [0.25, 0.3) is 0 Å². The highest BCUT2D eigenvalue weighted by Crippen LogP contribution is 2.24. The Balaban J connectivity index is 1.63. The molecule has 1 aliphatic rings. The van der Waals surface area contributed by atoms with Crippen molar-refractivity contribution in [2.45, 2.75) is 19.4 Å². The van der Waals surface area contributed by atoms with Crippen molar-refractivity contribution >= 4 is 11.6 Å². The summed E-state index contributed by atoms with van der Waals surface area (Å²) >= 11 is 6.14. The van der Waals surface area contributed by atoms with E-state index in [0.717, 1.165) is 37.4 Å². The van der Waals surface area contributed by atoms with E-state index in [2.05, 4.69) is 11.9 Å². The molecular formula is C16H24ClNO3. The van der Waals surface area contributed by atoms with Crippen LogP contribution in [0.5, 0.6) is 5.75 Å². The average Bonchev–Trinajstić information content (AvgIpc) is 2.48. The average molecular weight is 314 g/mol. The van der Waals surface area contributed by atoms with Gasteiger partial charge >= 0.3 is 0 Å². The van der Waals surface area contributed by atoms with Gasteiger partial charge in [-0.05, 0) is 38.1 Å². The Bertz CT molecular complexity index is 436. The van der Waals surface area contributed by atoms with Gasteiger partial charge in [-0.1, -0.05) is 17.7 Å². The van der Waals surface area contributed by atoms with E-state index in [4.69, 9.17) is 25.8 Å². The van der Waals surface area contributed by atoms with Crippen LogP contribution >= 0.6 is 11.6 Å². The summed E-state index contributed by atoms with van der Waals surface area (Å²) in [5, 5.41) is 0.672. The smallest absolute Gasteiger partial charge is 0.137 e.